The van der Waals surface area contributed by atoms with E-state index in [0.717, 1.165) is 6.42 Å². The Hall–Kier alpha value is -2.05. The number of halogens is 1. The quantitative estimate of drug-likeness (QED) is 0.788. The smallest absolute Gasteiger partial charge is 0.335 e. The largest absolute Gasteiger partial charge is 0.478 e. The number of aromatic carboxylic acids is 1. The molecule has 2 aromatic rings. The molecule has 0 atom stereocenters. The lowest BCUT2D eigenvalue weighted by Crippen LogP contribution is -2.30. The van der Waals surface area contributed by atoms with Crippen molar-refractivity contribution in [3.63, 3.8) is 0 Å². The highest BCUT2D eigenvalue weighted by atomic mass is 35.5. The van der Waals surface area contributed by atoms with Gasteiger partial charge >= 0.3 is 12.0 Å². The van der Waals surface area contributed by atoms with Crippen LogP contribution < -0.4 is 10.6 Å². The molecule has 0 aliphatic heterocycles. The van der Waals surface area contributed by atoms with Crippen LogP contribution in [0.1, 0.15) is 15.2 Å². The first kappa shape index (κ1) is 15.3. The van der Waals surface area contributed by atoms with Crippen molar-refractivity contribution in [2.24, 2.45) is 0 Å². The summed E-state index contributed by atoms with van der Waals surface area (Å²) in [5.41, 5.74) is 0.332. The zero-order chi connectivity index (χ0) is 15.2. The number of anilines is 1. The topological polar surface area (TPSA) is 78.4 Å². The van der Waals surface area contributed by atoms with Crippen LogP contribution in [0.15, 0.2) is 35.7 Å². The number of urea groups is 1. The molecule has 3 N–H and O–H groups in total. The maximum atomic E-state index is 11.7. The number of carbonyl (C=O) groups is 2. The minimum Gasteiger partial charge on any atom is -0.478 e. The Morgan fingerprint density at radius 2 is 2.10 bits per heavy atom. The molecule has 110 valence electrons. The number of carboxylic acid groups (broad SMARTS) is 1. The van der Waals surface area contributed by atoms with Crippen LogP contribution in [-0.2, 0) is 6.42 Å². The Balaban J connectivity index is 1.90. The molecule has 0 aliphatic carbocycles. The summed E-state index contributed by atoms with van der Waals surface area (Å²) in [5, 5.41) is 16.4. The van der Waals surface area contributed by atoms with Gasteiger partial charge in [0.05, 0.1) is 16.3 Å². The number of thiophene rings is 1. The molecule has 0 aliphatic rings. The summed E-state index contributed by atoms with van der Waals surface area (Å²) in [6.45, 7) is 0.489. The fourth-order valence-corrected chi connectivity index (χ4v) is 2.55. The number of benzene rings is 1. The average molecular weight is 325 g/mol. The van der Waals surface area contributed by atoms with E-state index in [1.54, 1.807) is 11.3 Å². The summed E-state index contributed by atoms with van der Waals surface area (Å²) < 4.78 is 0. The van der Waals surface area contributed by atoms with Gasteiger partial charge in [0.15, 0.2) is 0 Å². The first-order chi connectivity index (χ1) is 10.1. The van der Waals surface area contributed by atoms with Crippen molar-refractivity contribution in [3.8, 4) is 0 Å². The highest BCUT2D eigenvalue weighted by molar-refractivity contribution is 7.09. The van der Waals surface area contributed by atoms with Gasteiger partial charge in [0.2, 0.25) is 0 Å². The number of amides is 2. The van der Waals surface area contributed by atoms with Crippen molar-refractivity contribution >= 4 is 40.6 Å². The predicted octanol–water partition coefficient (Wildman–Crippen LogP) is 3.46. The van der Waals surface area contributed by atoms with E-state index in [-0.39, 0.29) is 16.3 Å². The van der Waals surface area contributed by atoms with E-state index in [4.69, 9.17) is 16.7 Å². The van der Waals surface area contributed by atoms with E-state index in [0.29, 0.717) is 6.54 Å². The molecule has 0 unspecified atom stereocenters. The molecule has 5 nitrogen and oxygen atoms in total. The molecule has 1 heterocycles. The fraction of sp³-hybridized carbons (Fsp3) is 0.143. The van der Waals surface area contributed by atoms with Crippen molar-refractivity contribution in [1.82, 2.24) is 5.32 Å². The molecular weight excluding hydrogens is 312 g/mol. The zero-order valence-corrected chi connectivity index (χ0v) is 12.5. The molecule has 0 fully saturated rings. The third-order valence-corrected chi connectivity index (χ3v) is 3.96. The first-order valence-corrected chi connectivity index (χ1v) is 7.42. The van der Waals surface area contributed by atoms with E-state index in [2.05, 4.69) is 10.6 Å². The van der Waals surface area contributed by atoms with Gasteiger partial charge in [0, 0.05) is 11.4 Å². The third-order valence-electron chi connectivity index (χ3n) is 2.70. The number of carbonyl (C=O) groups excluding carboxylic acids is 1. The van der Waals surface area contributed by atoms with Crippen LogP contribution in [-0.4, -0.2) is 23.7 Å². The summed E-state index contributed by atoms with van der Waals surface area (Å²) in [4.78, 5) is 23.8. The van der Waals surface area contributed by atoms with Gasteiger partial charge < -0.3 is 15.7 Å². The standard InChI is InChI=1S/C14H13ClN2O3S/c15-11-4-3-9(13(18)19)8-12(11)17-14(20)16-6-5-10-2-1-7-21-10/h1-4,7-8H,5-6H2,(H,18,19)(H2,16,17,20). The lowest BCUT2D eigenvalue weighted by molar-refractivity contribution is 0.0697. The molecule has 0 saturated carbocycles. The minimum atomic E-state index is -1.08. The van der Waals surface area contributed by atoms with Crippen molar-refractivity contribution < 1.29 is 14.7 Å². The van der Waals surface area contributed by atoms with Crippen molar-refractivity contribution in [3.05, 3.63) is 51.2 Å². The summed E-state index contributed by atoms with van der Waals surface area (Å²) in [5.74, 6) is -1.08. The van der Waals surface area contributed by atoms with Crippen LogP contribution in [0.3, 0.4) is 0 Å². The van der Waals surface area contributed by atoms with Gasteiger partial charge in [0.1, 0.15) is 0 Å². The summed E-state index contributed by atoms with van der Waals surface area (Å²) in [6.07, 6.45) is 0.744. The van der Waals surface area contributed by atoms with Crippen LogP contribution in [0.4, 0.5) is 10.5 Å². The molecule has 7 heteroatoms. The molecule has 0 saturated heterocycles. The van der Waals surface area contributed by atoms with E-state index >= 15 is 0 Å². The second kappa shape index (κ2) is 7.10. The van der Waals surface area contributed by atoms with Crippen molar-refractivity contribution in [2.75, 3.05) is 11.9 Å². The third kappa shape index (κ3) is 4.47. The van der Waals surface area contributed by atoms with Gasteiger partial charge in [0.25, 0.3) is 0 Å². The van der Waals surface area contributed by atoms with Crippen LogP contribution in [0.5, 0.6) is 0 Å². The monoisotopic (exact) mass is 324 g/mol. The molecule has 2 rings (SSSR count). The lowest BCUT2D eigenvalue weighted by atomic mass is 10.2. The summed E-state index contributed by atoms with van der Waals surface area (Å²) >= 11 is 7.55. The molecular formula is C14H13ClN2O3S. The fourth-order valence-electron chi connectivity index (χ4n) is 1.67. The number of rotatable bonds is 5. The number of nitrogens with one attached hydrogen (secondary N) is 2. The Morgan fingerprint density at radius 1 is 1.29 bits per heavy atom. The molecule has 21 heavy (non-hydrogen) atoms. The van der Waals surface area contributed by atoms with Gasteiger partial charge in [-0.25, -0.2) is 9.59 Å². The SMILES string of the molecule is O=C(NCCc1cccs1)Nc1cc(C(=O)O)ccc1Cl. The van der Waals surface area contributed by atoms with Gasteiger partial charge in [-0.2, -0.15) is 0 Å². The lowest BCUT2D eigenvalue weighted by Gasteiger charge is -2.09. The van der Waals surface area contributed by atoms with Crippen molar-refractivity contribution in [2.45, 2.75) is 6.42 Å². The zero-order valence-electron chi connectivity index (χ0n) is 10.9. The van der Waals surface area contributed by atoms with Gasteiger partial charge in [-0.05, 0) is 36.1 Å². The number of hydrogen-bond donors (Lipinski definition) is 3. The minimum absolute atomic E-state index is 0.0632. The molecule has 0 radical (unpaired) electrons. The van der Waals surface area contributed by atoms with Crippen LogP contribution in [0.25, 0.3) is 0 Å². The van der Waals surface area contributed by atoms with E-state index in [1.165, 1.54) is 23.1 Å². The second-order valence-electron chi connectivity index (χ2n) is 4.21. The molecule has 1 aromatic carbocycles. The van der Waals surface area contributed by atoms with Crippen LogP contribution in [0, 0.1) is 0 Å². The highest BCUT2D eigenvalue weighted by Gasteiger charge is 2.09. The molecule has 0 spiro atoms. The first-order valence-electron chi connectivity index (χ1n) is 6.16. The Morgan fingerprint density at radius 3 is 2.76 bits per heavy atom. The van der Waals surface area contributed by atoms with Gasteiger partial charge in [-0.3, -0.25) is 0 Å². The maximum Gasteiger partial charge on any atom is 0.335 e. The summed E-state index contributed by atoms with van der Waals surface area (Å²) in [6, 6.07) is 7.67. The van der Waals surface area contributed by atoms with E-state index in [9.17, 15) is 9.59 Å². The summed E-state index contributed by atoms with van der Waals surface area (Å²) in [7, 11) is 0. The van der Waals surface area contributed by atoms with Gasteiger partial charge in [-0.15, -0.1) is 11.3 Å². The Kier molecular flexibility index (Phi) is 5.19. The molecule has 2 amide bonds. The number of hydrogen-bond acceptors (Lipinski definition) is 3. The van der Waals surface area contributed by atoms with Gasteiger partial charge in [-0.1, -0.05) is 17.7 Å². The Labute approximate surface area is 130 Å². The average Bonchev–Trinajstić information content (AvgIpc) is 2.94. The van der Waals surface area contributed by atoms with Crippen LogP contribution >= 0.6 is 22.9 Å². The van der Waals surface area contributed by atoms with Crippen LogP contribution in [0.2, 0.25) is 5.02 Å². The maximum absolute atomic E-state index is 11.7. The Bertz CT molecular complexity index is 644. The van der Waals surface area contributed by atoms with E-state index < -0.39 is 12.0 Å². The van der Waals surface area contributed by atoms with E-state index in [1.807, 2.05) is 17.5 Å². The van der Waals surface area contributed by atoms with Crippen molar-refractivity contribution in [1.29, 1.82) is 0 Å². The number of carboxylic acids is 1. The normalized spacial score (nSPS) is 10.1. The molecule has 1 aromatic heterocycles. The highest BCUT2D eigenvalue weighted by Crippen LogP contribution is 2.23. The molecule has 0 bridgehead atoms. The second-order valence-corrected chi connectivity index (χ2v) is 5.65. The predicted molar refractivity (Wildman–Crippen MR) is 83.5 cm³/mol.